The lowest BCUT2D eigenvalue weighted by Gasteiger charge is -2.35. The lowest BCUT2D eigenvalue weighted by atomic mass is 9.69. The molecule has 0 amide bonds. The fraction of sp³-hybridized carbons (Fsp3) is 0.657. The molecule has 0 aliphatic heterocycles. The number of unbranched alkanes of at least 4 members (excludes halogenated alkanes) is 10. The first kappa shape index (κ1) is 30.2. The van der Waals surface area contributed by atoms with Crippen molar-refractivity contribution in [1.82, 2.24) is 4.98 Å². The van der Waals surface area contributed by atoms with Crippen LogP contribution in [0.25, 0.3) is 11.3 Å². The number of ether oxygens (including phenoxy) is 1. The van der Waals surface area contributed by atoms with Crippen molar-refractivity contribution in [2.45, 2.75) is 129 Å². The number of aryl methyl sites for hydroxylation is 1. The number of nitrogens with zero attached hydrogens (tertiary/aromatic N) is 2. The van der Waals surface area contributed by atoms with Crippen LogP contribution < -0.4 is 4.74 Å². The van der Waals surface area contributed by atoms with E-state index in [2.05, 4.69) is 56.3 Å². The minimum Gasteiger partial charge on any atom is -0.493 e. The Morgan fingerprint density at radius 2 is 1.45 bits per heavy atom. The number of rotatable bonds is 18. The van der Waals surface area contributed by atoms with Crippen LogP contribution in [0.2, 0.25) is 0 Å². The number of pyridine rings is 1. The van der Waals surface area contributed by atoms with Crippen LogP contribution in [0.3, 0.4) is 0 Å². The Labute approximate surface area is 233 Å². The first-order valence-electron chi connectivity index (χ1n) is 15.8. The Kier molecular flexibility index (Phi) is 13.7. The first-order chi connectivity index (χ1) is 18.7. The Hall–Kier alpha value is -2.34. The van der Waals surface area contributed by atoms with Crippen molar-refractivity contribution >= 4 is 0 Å². The zero-order valence-corrected chi connectivity index (χ0v) is 24.4. The van der Waals surface area contributed by atoms with Gasteiger partial charge in [-0.15, -0.1) is 0 Å². The third kappa shape index (κ3) is 10.4. The molecule has 0 spiro atoms. The van der Waals surface area contributed by atoms with Crippen LogP contribution in [0, 0.1) is 22.7 Å². The zero-order chi connectivity index (χ0) is 26.9. The van der Waals surface area contributed by atoms with E-state index in [-0.39, 0.29) is 5.41 Å². The molecular formula is C35H52N2O. The molecule has 208 valence electrons. The number of nitriles is 1. The molecule has 3 heteroatoms. The Balaban J connectivity index is 1.36. The van der Waals surface area contributed by atoms with E-state index in [0.29, 0.717) is 5.92 Å². The average Bonchev–Trinajstić information content (AvgIpc) is 2.97. The van der Waals surface area contributed by atoms with Crippen molar-refractivity contribution in [3.8, 4) is 23.1 Å². The Bertz CT molecular complexity index is 920. The summed E-state index contributed by atoms with van der Waals surface area (Å²) in [5, 5.41) is 9.90. The predicted molar refractivity (Wildman–Crippen MR) is 160 cm³/mol. The molecule has 38 heavy (non-hydrogen) atoms. The van der Waals surface area contributed by atoms with Crippen molar-refractivity contribution in [1.29, 1.82) is 5.26 Å². The first-order valence-corrected chi connectivity index (χ1v) is 15.8. The van der Waals surface area contributed by atoms with Gasteiger partial charge in [0, 0.05) is 11.8 Å². The molecule has 0 bridgehead atoms. The van der Waals surface area contributed by atoms with Gasteiger partial charge in [0.2, 0.25) is 0 Å². The maximum Gasteiger partial charge on any atom is 0.119 e. The van der Waals surface area contributed by atoms with E-state index >= 15 is 0 Å². The quantitative estimate of drug-likeness (QED) is 0.185. The van der Waals surface area contributed by atoms with Gasteiger partial charge in [-0.2, -0.15) is 5.26 Å². The Morgan fingerprint density at radius 1 is 0.816 bits per heavy atom. The van der Waals surface area contributed by atoms with Crippen LogP contribution in [-0.2, 0) is 6.42 Å². The highest BCUT2D eigenvalue weighted by Crippen LogP contribution is 2.42. The molecule has 3 rings (SSSR count). The molecule has 0 N–H and O–H groups in total. The lowest BCUT2D eigenvalue weighted by molar-refractivity contribution is 0.144. The van der Waals surface area contributed by atoms with Crippen molar-refractivity contribution in [3.05, 3.63) is 48.2 Å². The van der Waals surface area contributed by atoms with E-state index in [4.69, 9.17) is 9.72 Å². The summed E-state index contributed by atoms with van der Waals surface area (Å²) in [6, 6.07) is 15.5. The summed E-state index contributed by atoms with van der Waals surface area (Å²) in [5.74, 6) is 1.49. The molecule has 3 nitrogen and oxygen atoms in total. The molecule has 1 heterocycles. The Morgan fingerprint density at radius 3 is 2.05 bits per heavy atom. The number of hydrogen-bond acceptors (Lipinski definition) is 3. The normalized spacial score (nSPS) is 19.2. The van der Waals surface area contributed by atoms with Crippen molar-refractivity contribution in [2.75, 3.05) is 6.61 Å². The van der Waals surface area contributed by atoms with Crippen LogP contribution in [0.1, 0.15) is 129 Å². The van der Waals surface area contributed by atoms with Crippen molar-refractivity contribution in [2.24, 2.45) is 11.3 Å². The predicted octanol–water partition coefficient (Wildman–Crippen LogP) is 10.5. The monoisotopic (exact) mass is 516 g/mol. The van der Waals surface area contributed by atoms with Gasteiger partial charge in [0.15, 0.2) is 0 Å². The molecule has 1 aromatic carbocycles. The second kappa shape index (κ2) is 17.3. The second-order valence-corrected chi connectivity index (χ2v) is 11.8. The molecule has 0 saturated heterocycles. The zero-order valence-electron chi connectivity index (χ0n) is 24.4. The largest absolute Gasteiger partial charge is 0.493 e. The fourth-order valence-electron chi connectivity index (χ4n) is 5.85. The topological polar surface area (TPSA) is 45.9 Å². The number of aromatic nitrogens is 1. The van der Waals surface area contributed by atoms with E-state index in [0.717, 1.165) is 62.1 Å². The van der Waals surface area contributed by atoms with Gasteiger partial charge >= 0.3 is 0 Å². The molecular weight excluding hydrogens is 464 g/mol. The molecule has 1 aromatic heterocycles. The molecule has 0 radical (unpaired) electrons. The number of hydrogen-bond donors (Lipinski definition) is 0. The van der Waals surface area contributed by atoms with Gasteiger partial charge in [0.25, 0.3) is 0 Å². The highest BCUT2D eigenvalue weighted by atomic mass is 16.5. The molecule has 1 saturated carbocycles. The van der Waals surface area contributed by atoms with Gasteiger partial charge < -0.3 is 4.74 Å². The second-order valence-electron chi connectivity index (χ2n) is 11.8. The molecule has 0 atom stereocenters. The molecule has 1 aliphatic rings. The maximum absolute atomic E-state index is 9.90. The standard InChI is InChI=1S/C35H52N2O/c1-3-5-7-9-11-13-15-30-16-21-34(37-27-30)32-17-19-33(20-18-32)38-28-31-22-25-35(29-36,26-23-31)24-14-12-10-8-6-4-2/h16-21,27,31H,3-15,22-26,28H2,1-2H3/t31-,35-. The highest BCUT2D eigenvalue weighted by molar-refractivity contribution is 5.60. The van der Waals surface area contributed by atoms with E-state index in [1.807, 2.05) is 6.20 Å². The maximum atomic E-state index is 9.90. The fourth-order valence-corrected chi connectivity index (χ4v) is 5.85. The molecule has 0 unspecified atom stereocenters. The van der Waals surface area contributed by atoms with Crippen molar-refractivity contribution in [3.63, 3.8) is 0 Å². The van der Waals surface area contributed by atoms with E-state index in [1.165, 1.54) is 82.6 Å². The van der Waals surface area contributed by atoms with Gasteiger partial charge in [-0.05, 0) is 86.8 Å². The summed E-state index contributed by atoms with van der Waals surface area (Å²) in [6.45, 7) is 5.28. The summed E-state index contributed by atoms with van der Waals surface area (Å²) >= 11 is 0. The highest BCUT2D eigenvalue weighted by Gasteiger charge is 2.35. The van der Waals surface area contributed by atoms with Gasteiger partial charge in [0.1, 0.15) is 5.75 Å². The SMILES string of the molecule is CCCCCCCCc1ccc(-c2ccc(OC[C@H]3CC[C@@](C#N)(CCCCCCCC)CC3)cc2)nc1. The smallest absolute Gasteiger partial charge is 0.119 e. The third-order valence-corrected chi connectivity index (χ3v) is 8.59. The molecule has 1 fully saturated rings. The van der Waals surface area contributed by atoms with Gasteiger partial charge in [-0.3, -0.25) is 4.98 Å². The van der Waals surface area contributed by atoms with E-state index < -0.39 is 0 Å². The molecule has 2 aromatic rings. The number of benzene rings is 1. The van der Waals surface area contributed by atoms with Crippen molar-refractivity contribution < 1.29 is 4.74 Å². The van der Waals surface area contributed by atoms with Gasteiger partial charge in [0.05, 0.1) is 23.8 Å². The van der Waals surface area contributed by atoms with Gasteiger partial charge in [-0.25, -0.2) is 0 Å². The van der Waals surface area contributed by atoms with Crippen LogP contribution >= 0.6 is 0 Å². The van der Waals surface area contributed by atoms with Crippen LogP contribution in [0.4, 0.5) is 0 Å². The summed E-state index contributed by atoms with van der Waals surface area (Å²) in [7, 11) is 0. The summed E-state index contributed by atoms with van der Waals surface area (Å²) in [5.41, 5.74) is 3.41. The third-order valence-electron chi connectivity index (χ3n) is 8.59. The summed E-state index contributed by atoms with van der Waals surface area (Å²) in [4.78, 5) is 4.72. The average molecular weight is 517 g/mol. The minimum absolute atomic E-state index is 0.0832. The summed E-state index contributed by atoms with van der Waals surface area (Å²) < 4.78 is 6.17. The molecule has 1 aliphatic carbocycles. The van der Waals surface area contributed by atoms with Crippen LogP contribution in [0.15, 0.2) is 42.6 Å². The minimum atomic E-state index is -0.0832. The van der Waals surface area contributed by atoms with E-state index in [1.54, 1.807) is 0 Å². The van der Waals surface area contributed by atoms with Crippen LogP contribution in [-0.4, -0.2) is 11.6 Å². The van der Waals surface area contributed by atoms with E-state index in [9.17, 15) is 5.26 Å². The lowest BCUT2D eigenvalue weighted by Crippen LogP contribution is -2.28. The van der Waals surface area contributed by atoms with Gasteiger partial charge in [-0.1, -0.05) is 90.5 Å². The summed E-state index contributed by atoms with van der Waals surface area (Å²) in [6.07, 6.45) is 24.3. The van der Waals surface area contributed by atoms with Crippen LogP contribution in [0.5, 0.6) is 5.75 Å².